The van der Waals surface area contributed by atoms with E-state index < -0.39 is 6.43 Å². The van der Waals surface area contributed by atoms with Gasteiger partial charge in [0.05, 0.1) is 6.61 Å². The number of aromatic nitrogens is 2. The lowest BCUT2D eigenvalue weighted by Gasteiger charge is -2.22. The van der Waals surface area contributed by atoms with Gasteiger partial charge < -0.3 is 10.1 Å². The molecule has 7 heteroatoms. The zero-order valence-electron chi connectivity index (χ0n) is 11.4. The Morgan fingerprint density at radius 2 is 2.45 bits per heavy atom. The monoisotopic (exact) mass is 287 g/mol. The van der Waals surface area contributed by atoms with Crippen molar-refractivity contribution in [2.24, 2.45) is 5.92 Å². The molecule has 1 atom stereocenters. The topological polar surface area (TPSA) is 56.2 Å². The van der Waals surface area contributed by atoms with Crippen LogP contribution in [0, 0.1) is 12.8 Å². The van der Waals surface area contributed by atoms with Crippen LogP contribution in [0.3, 0.4) is 0 Å². The molecule has 0 bridgehead atoms. The molecule has 1 amide bonds. The third-order valence-electron chi connectivity index (χ3n) is 3.36. The molecule has 0 spiro atoms. The predicted octanol–water partition coefficient (Wildman–Crippen LogP) is 1.67. The van der Waals surface area contributed by atoms with Crippen molar-refractivity contribution in [3.05, 3.63) is 17.5 Å². The quantitative estimate of drug-likeness (QED) is 0.896. The molecule has 0 saturated carbocycles. The molecule has 112 valence electrons. The van der Waals surface area contributed by atoms with Gasteiger partial charge in [-0.15, -0.1) is 0 Å². The van der Waals surface area contributed by atoms with Gasteiger partial charge in [0, 0.05) is 18.8 Å². The van der Waals surface area contributed by atoms with E-state index in [1.807, 2.05) is 0 Å². The number of hydrogen-bond donors (Lipinski definition) is 1. The minimum atomic E-state index is -2.61. The van der Waals surface area contributed by atoms with Gasteiger partial charge in [-0.05, 0) is 31.7 Å². The number of aryl methyl sites for hydroxylation is 1. The van der Waals surface area contributed by atoms with Gasteiger partial charge in [-0.2, -0.15) is 5.10 Å². The van der Waals surface area contributed by atoms with Gasteiger partial charge in [-0.1, -0.05) is 0 Å². The summed E-state index contributed by atoms with van der Waals surface area (Å²) in [6.45, 7) is 3.62. The molecule has 5 nitrogen and oxygen atoms in total. The number of alkyl halides is 2. The molecule has 2 heterocycles. The summed E-state index contributed by atoms with van der Waals surface area (Å²) in [5.74, 6) is 0.116. The van der Waals surface area contributed by atoms with Crippen molar-refractivity contribution < 1.29 is 18.3 Å². The predicted molar refractivity (Wildman–Crippen MR) is 68.5 cm³/mol. The Morgan fingerprint density at radius 3 is 3.05 bits per heavy atom. The number of halogens is 2. The summed E-state index contributed by atoms with van der Waals surface area (Å²) < 4.78 is 31.6. The Hall–Kier alpha value is -1.50. The van der Waals surface area contributed by atoms with E-state index in [2.05, 4.69) is 10.4 Å². The molecule has 2 rings (SSSR count). The zero-order chi connectivity index (χ0) is 14.5. The minimum Gasteiger partial charge on any atom is -0.381 e. The summed E-state index contributed by atoms with van der Waals surface area (Å²) in [4.78, 5) is 11.8. The first-order chi connectivity index (χ1) is 9.56. The first kappa shape index (κ1) is 14.9. The third kappa shape index (κ3) is 4.00. The highest BCUT2D eigenvalue weighted by Gasteiger charge is 2.17. The molecule has 1 aliphatic rings. The lowest BCUT2D eigenvalue weighted by Crippen LogP contribution is -2.35. The fourth-order valence-corrected chi connectivity index (χ4v) is 2.22. The van der Waals surface area contributed by atoms with E-state index in [1.54, 1.807) is 6.92 Å². The molecule has 1 saturated heterocycles. The summed E-state index contributed by atoms with van der Waals surface area (Å²) in [5, 5.41) is 6.52. The Morgan fingerprint density at radius 1 is 1.65 bits per heavy atom. The average Bonchev–Trinajstić information content (AvgIpc) is 2.79. The van der Waals surface area contributed by atoms with Gasteiger partial charge >= 0.3 is 0 Å². The SMILES string of the molecule is Cc1cc(C(F)F)nn1CC(=O)NC[C@@H]1CCCOC1. The maximum Gasteiger partial charge on any atom is 0.282 e. The van der Waals surface area contributed by atoms with Crippen molar-refractivity contribution in [1.29, 1.82) is 0 Å². The highest BCUT2D eigenvalue weighted by Crippen LogP contribution is 2.17. The molecule has 0 aromatic carbocycles. The second-order valence-electron chi connectivity index (χ2n) is 5.06. The van der Waals surface area contributed by atoms with Gasteiger partial charge in [-0.3, -0.25) is 9.48 Å². The van der Waals surface area contributed by atoms with E-state index in [9.17, 15) is 13.6 Å². The van der Waals surface area contributed by atoms with Crippen LogP contribution in [0.4, 0.5) is 8.78 Å². The third-order valence-corrected chi connectivity index (χ3v) is 3.36. The van der Waals surface area contributed by atoms with E-state index in [0.717, 1.165) is 19.4 Å². The van der Waals surface area contributed by atoms with E-state index >= 15 is 0 Å². The fourth-order valence-electron chi connectivity index (χ4n) is 2.22. The number of carbonyl (C=O) groups is 1. The standard InChI is InChI=1S/C13H19F2N3O2/c1-9-5-11(13(14)15)17-18(9)7-12(19)16-6-10-3-2-4-20-8-10/h5,10,13H,2-4,6-8H2,1H3,(H,16,19)/t10-/m0/s1. The van der Waals surface area contributed by atoms with E-state index in [0.29, 0.717) is 24.8 Å². The molecule has 0 aliphatic carbocycles. The van der Waals surface area contributed by atoms with Crippen LogP contribution in [0.5, 0.6) is 0 Å². The number of rotatable bonds is 5. The van der Waals surface area contributed by atoms with E-state index in [-0.39, 0.29) is 18.1 Å². The van der Waals surface area contributed by atoms with E-state index in [1.165, 1.54) is 10.7 Å². The summed E-state index contributed by atoms with van der Waals surface area (Å²) in [7, 11) is 0. The van der Waals surface area contributed by atoms with Crippen LogP contribution >= 0.6 is 0 Å². The number of hydrogen-bond acceptors (Lipinski definition) is 3. The lowest BCUT2D eigenvalue weighted by atomic mass is 10.0. The second-order valence-corrected chi connectivity index (χ2v) is 5.06. The van der Waals surface area contributed by atoms with Crippen LogP contribution in [0.1, 0.15) is 30.7 Å². The summed E-state index contributed by atoms with van der Waals surface area (Å²) in [6.07, 6.45) is -0.565. The van der Waals surface area contributed by atoms with Crippen molar-refractivity contribution in [2.45, 2.75) is 32.7 Å². The molecule has 1 fully saturated rings. The maximum absolute atomic E-state index is 12.5. The molecule has 1 N–H and O–H groups in total. The molecule has 20 heavy (non-hydrogen) atoms. The second kappa shape index (κ2) is 6.78. The average molecular weight is 287 g/mol. The number of nitrogens with one attached hydrogen (secondary N) is 1. The van der Waals surface area contributed by atoms with Gasteiger partial charge in [0.25, 0.3) is 6.43 Å². The summed E-state index contributed by atoms with van der Waals surface area (Å²) in [5.41, 5.74) is 0.257. The van der Waals surface area contributed by atoms with Crippen LogP contribution in [0.15, 0.2) is 6.07 Å². The fraction of sp³-hybridized carbons (Fsp3) is 0.692. The normalized spacial score (nSPS) is 19.3. The number of carbonyl (C=O) groups excluding carboxylic acids is 1. The molecule has 1 aliphatic heterocycles. The molecule has 1 aromatic rings. The number of ether oxygens (including phenoxy) is 1. The van der Waals surface area contributed by atoms with Crippen LogP contribution < -0.4 is 5.32 Å². The van der Waals surface area contributed by atoms with Crippen molar-refractivity contribution in [1.82, 2.24) is 15.1 Å². The van der Waals surface area contributed by atoms with Crippen LogP contribution in [0.2, 0.25) is 0 Å². The molecular formula is C13H19F2N3O2. The Balaban J connectivity index is 1.81. The first-order valence-electron chi connectivity index (χ1n) is 6.73. The first-order valence-corrected chi connectivity index (χ1v) is 6.73. The zero-order valence-corrected chi connectivity index (χ0v) is 11.4. The Labute approximate surface area is 116 Å². The highest BCUT2D eigenvalue weighted by atomic mass is 19.3. The van der Waals surface area contributed by atoms with Crippen molar-refractivity contribution in [3.8, 4) is 0 Å². The van der Waals surface area contributed by atoms with Gasteiger partial charge in [-0.25, -0.2) is 8.78 Å². The summed E-state index contributed by atoms with van der Waals surface area (Å²) in [6, 6.07) is 1.30. The largest absolute Gasteiger partial charge is 0.381 e. The maximum atomic E-state index is 12.5. The van der Waals surface area contributed by atoms with Crippen molar-refractivity contribution >= 4 is 5.91 Å². The van der Waals surface area contributed by atoms with Crippen LogP contribution in [-0.4, -0.2) is 35.4 Å². The van der Waals surface area contributed by atoms with Gasteiger partial charge in [0.1, 0.15) is 12.2 Å². The lowest BCUT2D eigenvalue weighted by molar-refractivity contribution is -0.122. The Bertz CT molecular complexity index is 456. The highest BCUT2D eigenvalue weighted by molar-refractivity contribution is 5.75. The molecule has 0 unspecified atom stereocenters. The smallest absolute Gasteiger partial charge is 0.282 e. The van der Waals surface area contributed by atoms with Gasteiger partial charge in [0.15, 0.2) is 0 Å². The summed E-state index contributed by atoms with van der Waals surface area (Å²) >= 11 is 0. The molecular weight excluding hydrogens is 268 g/mol. The number of nitrogens with zero attached hydrogens (tertiary/aromatic N) is 2. The number of amides is 1. The van der Waals surface area contributed by atoms with E-state index in [4.69, 9.17) is 4.74 Å². The molecule has 0 radical (unpaired) electrons. The minimum absolute atomic E-state index is 0.0356. The van der Waals surface area contributed by atoms with Gasteiger partial charge in [0.2, 0.25) is 5.91 Å². The van der Waals surface area contributed by atoms with Crippen molar-refractivity contribution in [2.75, 3.05) is 19.8 Å². The Kier molecular flexibility index (Phi) is 5.05. The van der Waals surface area contributed by atoms with Crippen molar-refractivity contribution in [3.63, 3.8) is 0 Å². The molecule has 1 aromatic heterocycles. The van der Waals surface area contributed by atoms with Crippen LogP contribution in [-0.2, 0) is 16.1 Å². The van der Waals surface area contributed by atoms with Crippen LogP contribution in [0.25, 0.3) is 0 Å².